The maximum Gasteiger partial charge on any atom is 0.328 e. The van der Waals surface area contributed by atoms with Crippen molar-refractivity contribution in [3.63, 3.8) is 0 Å². The molecule has 0 aliphatic carbocycles. The van der Waals surface area contributed by atoms with E-state index in [1.54, 1.807) is 21.5 Å². The summed E-state index contributed by atoms with van der Waals surface area (Å²) in [6.07, 6.45) is 2.17. The van der Waals surface area contributed by atoms with E-state index in [0.717, 1.165) is 16.6 Å². The maximum absolute atomic E-state index is 14.2. The van der Waals surface area contributed by atoms with Crippen LogP contribution in [-0.4, -0.2) is 35.7 Å². The third-order valence-corrected chi connectivity index (χ3v) is 6.56. The molecule has 0 radical (unpaired) electrons. The first kappa shape index (κ1) is 20.6. The number of benzene rings is 3. The minimum atomic E-state index is -0.448. The highest BCUT2D eigenvalue weighted by molar-refractivity contribution is 5.88. The molecule has 6 aromatic rings. The van der Waals surface area contributed by atoms with Crippen LogP contribution in [0.1, 0.15) is 18.0 Å². The van der Waals surface area contributed by atoms with Crippen molar-refractivity contribution < 1.29 is 9.13 Å². The summed E-state index contributed by atoms with van der Waals surface area (Å²) in [5, 5.41) is 0. The summed E-state index contributed by atoms with van der Waals surface area (Å²) in [6, 6.07) is 21.3. The summed E-state index contributed by atoms with van der Waals surface area (Å²) in [7, 11) is 0. The molecule has 0 saturated carbocycles. The zero-order valence-electron chi connectivity index (χ0n) is 18.9. The van der Waals surface area contributed by atoms with Crippen LogP contribution >= 0.6 is 0 Å². The van der Waals surface area contributed by atoms with Crippen molar-refractivity contribution in [1.82, 2.24) is 29.1 Å². The van der Waals surface area contributed by atoms with Crippen LogP contribution < -0.4 is 10.4 Å². The number of para-hydroxylation sites is 2. The lowest BCUT2D eigenvalue weighted by atomic mass is 10.00. The van der Waals surface area contributed by atoms with Gasteiger partial charge in [0.2, 0.25) is 5.95 Å². The Balaban J connectivity index is 1.53. The summed E-state index contributed by atoms with van der Waals surface area (Å²) < 4.78 is 23.4. The molecule has 3 aromatic carbocycles. The Bertz CT molecular complexity index is 1820. The molecule has 0 bridgehead atoms. The Morgan fingerprint density at radius 1 is 1.00 bits per heavy atom. The van der Waals surface area contributed by atoms with E-state index >= 15 is 0 Å². The van der Waals surface area contributed by atoms with E-state index < -0.39 is 6.04 Å². The Kier molecular flexibility index (Phi) is 4.50. The predicted octanol–water partition coefficient (Wildman–Crippen LogP) is 4.64. The second-order valence-electron chi connectivity index (χ2n) is 8.68. The van der Waals surface area contributed by atoms with Gasteiger partial charge in [-0.25, -0.2) is 19.2 Å². The Hall–Kier alpha value is -4.79. The molecule has 0 spiro atoms. The van der Waals surface area contributed by atoms with Gasteiger partial charge in [-0.1, -0.05) is 42.5 Å². The van der Waals surface area contributed by atoms with Crippen molar-refractivity contribution in [1.29, 1.82) is 0 Å². The highest BCUT2D eigenvalue weighted by Gasteiger charge is 2.29. The third kappa shape index (κ3) is 3.13. The summed E-state index contributed by atoms with van der Waals surface area (Å²) in [6.45, 7) is 0.401. The van der Waals surface area contributed by atoms with E-state index in [-0.39, 0.29) is 11.5 Å². The molecule has 8 nitrogen and oxygen atoms in total. The first-order chi connectivity index (χ1) is 17.7. The first-order valence-corrected chi connectivity index (χ1v) is 11.6. The Labute approximate surface area is 203 Å². The standard InChI is InChI=1S/C27H19FN6O2/c28-17-10-11-22-18(14-17)20(12-13-36-22)34-25-24(31-27(34)35)23(16-6-2-1-3-7-16)30-26(32-25)33-15-29-19-8-4-5-9-21(19)33/h1-11,14-15,20H,12-13H2,(H,31,35)/t20-/m1/s1. The van der Waals surface area contributed by atoms with E-state index in [0.29, 0.717) is 47.1 Å². The van der Waals surface area contributed by atoms with Gasteiger partial charge in [-0.15, -0.1) is 0 Å². The fourth-order valence-electron chi connectivity index (χ4n) is 4.93. The zero-order chi connectivity index (χ0) is 24.2. The summed E-state index contributed by atoms with van der Waals surface area (Å²) in [4.78, 5) is 30.6. The maximum atomic E-state index is 14.2. The van der Waals surface area contributed by atoms with Crippen LogP contribution in [-0.2, 0) is 0 Å². The van der Waals surface area contributed by atoms with Crippen LogP contribution in [0, 0.1) is 5.82 Å². The number of hydrogen-bond donors (Lipinski definition) is 1. The van der Waals surface area contributed by atoms with Gasteiger partial charge in [0, 0.05) is 17.5 Å². The highest BCUT2D eigenvalue weighted by Crippen LogP contribution is 2.37. The monoisotopic (exact) mass is 478 g/mol. The molecule has 0 amide bonds. The van der Waals surface area contributed by atoms with Crippen molar-refractivity contribution >= 4 is 22.2 Å². The number of H-pyrrole nitrogens is 1. The number of nitrogens with zero attached hydrogens (tertiary/aromatic N) is 5. The molecule has 0 unspecified atom stereocenters. The van der Waals surface area contributed by atoms with Crippen molar-refractivity contribution in [2.45, 2.75) is 12.5 Å². The number of aromatic amines is 1. The minimum absolute atomic E-state index is 0.341. The molecule has 7 rings (SSSR count). The van der Waals surface area contributed by atoms with Gasteiger partial charge in [0.15, 0.2) is 5.65 Å². The lowest BCUT2D eigenvalue weighted by molar-refractivity contribution is 0.255. The van der Waals surface area contributed by atoms with E-state index in [1.807, 2.05) is 54.6 Å². The van der Waals surface area contributed by atoms with Crippen LogP contribution in [0.4, 0.5) is 4.39 Å². The fourth-order valence-corrected chi connectivity index (χ4v) is 4.93. The lowest BCUT2D eigenvalue weighted by Gasteiger charge is -2.26. The Morgan fingerprint density at radius 3 is 2.72 bits per heavy atom. The largest absolute Gasteiger partial charge is 0.493 e. The lowest BCUT2D eigenvalue weighted by Crippen LogP contribution is -2.28. The third-order valence-electron chi connectivity index (χ3n) is 6.56. The number of halogens is 1. The molecule has 1 aliphatic rings. The van der Waals surface area contributed by atoms with Gasteiger partial charge >= 0.3 is 5.69 Å². The summed E-state index contributed by atoms with van der Waals surface area (Å²) >= 11 is 0. The van der Waals surface area contributed by atoms with Crippen molar-refractivity contribution in [3.8, 4) is 23.0 Å². The molecule has 9 heteroatoms. The second kappa shape index (κ2) is 7.88. The molecule has 1 aliphatic heterocycles. The topological polar surface area (TPSA) is 90.6 Å². The predicted molar refractivity (Wildman–Crippen MR) is 133 cm³/mol. The number of rotatable bonds is 3. The number of hydrogen-bond acceptors (Lipinski definition) is 5. The van der Waals surface area contributed by atoms with Crippen LogP contribution in [0.25, 0.3) is 39.4 Å². The number of imidazole rings is 2. The molecular formula is C27H19FN6O2. The number of fused-ring (bicyclic) bond motifs is 3. The molecule has 4 heterocycles. The zero-order valence-corrected chi connectivity index (χ0v) is 18.9. The quantitative estimate of drug-likeness (QED) is 0.400. The molecule has 0 fully saturated rings. The summed E-state index contributed by atoms with van der Waals surface area (Å²) in [5.41, 5.74) is 4.30. The smallest absolute Gasteiger partial charge is 0.328 e. The highest BCUT2D eigenvalue weighted by atomic mass is 19.1. The average Bonchev–Trinajstić information content (AvgIpc) is 3.49. The van der Waals surface area contributed by atoms with E-state index in [4.69, 9.17) is 14.7 Å². The molecule has 0 saturated heterocycles. The van der Waals surface area contributed by atoms with E-state index in [1.165, 1.54) is 12.1 Å². The fraction of sp³-hybridized carbons (Fsp3) is 0.111. The normalized spacial score (nSPS) is 15.2. The average molecular weight is 478 g/mol. The van der Waals surface area contributed by atoms with Gasteiger partial charge in [-0.2, -0.15) is 4.98 Å². The molecule has 36 heavy (non-hydrogen) atoms. The van der Waals surface area contributed by atoms with E-state index in [2.05, 4.69) is 9.97 Å². The van der Waals surface area contributed by atoms with E-state index in [9.17, 15) is 9.18 Å². The number of ether oxygens (including phenoxy) is 1. The van der Waals surface area contributed by atoms with Gasteiger partial charge < -0.3 is 9.72 Å². The van der Waals surface area contributed by atoms with Gasteiger partial charge in [-0.05, 0) is 30.3 Å². The first-order valence-electron chi connectivity index (χ1n) is 11.6. The van der Waals surface area contributed by atoms with Gasteiger partial charge in [0.25, 0.3) is 0 Å². The molecular weight excluding hydrogens is 459 g/mol. The van der Waals surface area contributed by atoms with Crippen LogP contribution in [0.15, 0.2) is 83.9 Å². The van der Waals surface area contributed by atoms with Gasteiger partial charge in [0.1, 0.15) is 29.1 Å². The minimum Gasteiger partial charge on any atom is -0.493 e. The Morgan fingerprint density at radius 2 is 1.83 bits per heavy atom. The van der Waals surface area contributed by atoms with Crippen molar-refractivity contribution in [2.75, 3.05) is 6.61 Å². The van der Waals surface area contributed by atoms with Crippen molar-refractivity contribution in [3.05, 3.63) is 101 Å². The van der Waals surface area contributed by atoms with Crippen molar-refractivity contribution in [2.24, 2.45) is 0 Å². The second-order valence-corrected chi connectivity index (χ2v) is 8.68. The summed E-state index contributed by atoms with van der Waals surface area (Å²) in [5.74, 6) is 0.559. The molecule has 3 aromatic heterocycles. The SMILES string of the molecule is O=c1[nH]c2c(-c3ccccc3)nc(-n3cnc4ccccc43)nc2n1[C@@H]1CCOc2ccc(F)cc21. The van der Waals surface area contributed by atoms with Gasteiger partial charge in [-0.3, -0.25) is 9.13 Å². The van der Waals surface area contributed by atoms with Crippen LogP contribution in [0.5, 0.6) is 5.75 Å². The van der Waals surface area contributed by atoms with Crippen LogP contribution in [0.2, 0.25) is 0 Å². The number of aromatic nitrogens is 6. The van der Waals surface area contributed by atoms with Crippen LogP contribution in [0.3, 0.4) is 0 Å². The molecule has 1 atom stereocenters. The molecule has 1 N–H and O–H groups in total. The van der Waals surface area contributed by atoms with Gasteiger partial charge in [0.05, 0.1) is 23.7 Å². The number of nitrogens with one attached hydrogen (secondary N) is 1. The molecule has 176 valence electrons.